The maximum atomic E-state index is 12.8. The first-order valence-corrected chi connectivity index (χ1v) is 10.3. The normalized spacial score (nSPS) is 11.5. The van der Waals surface area contributed by atoms with Crippen LogP contribution in [0.4, 0.5) is 0 Å². The highest BCUT2D eigenvalue weighted by Crippen LogP contribution is 2.17. The Morgan fingerprint density at radius 3 is 1.92 bits per heavy atom. The zero-order valence-corrected chi connectivity index (χ0v) is 16.4. The first-order valence-electron chi connectivity index (χ1n) is 8.87. The SMILES string of the molecule is CCN(Cc1ccccc1)C(=O)c1ccc(S(=O)(=O)N(CC)CC)cc1. The minimum atomic E-state index is -3.51. The van der Waals surface area contributed by atoms with Crippen molar-refractivity contribution in [1.29, 1.82) is 0 Å². The molecule has 0 N–H and O–H groups in total. The molecule has 1 amide bonds. The van der Waals surface area contributed by atoms with Crippen LogP contribution in [0.25, 0.3) is 0 Å². The van der Waals surface area contributed by atoms with Crippen LogP contribution in [0.2, 0.25) is 0 Å². The van der Waals surface area contributed by atoms with Crippen LogP contribution >= 0.6 is 0 Å². The van der Waals surface area contributed by atoms with Gasteiger partial charge in [-0.05, 0) is 36.8 Å². The van der Waals surface area contributed by atoms with E-state index in [1.807, 2.05) is 51.1 Å². The largest absolute Gasteiger partial charge is 0.335 e. The maximum absolute atomic E-state index is 12.8. The van der Waals surface area contributed by atoms with Crippen LogP contribution in [0.15, 0.2) is 59.5 Å². The molecular weight excluding hydrogens is 348 g/mol. The van der Waals surface area contributed by atoms with E-state index in [0.717, 1.165) is 5.56 Å². The van der Waals surface area contributed by atoms with Gasteiger partial charge in [0.05, 0.1) is 4.90 Å². The Morgan fingerprint density at radius 1 is 0.846 bits per heavy atom. The number of sulfonamides is 1. The van der Waals surface area contributed by atoms with Crippen LogP contribution in [0.1, 0.15) is 36.7 Å². The minimum absolute atomic E-state index is 0.108. The van der Waals surface area contributed by atoms with E-state index in [2.05, 4.69) is 0 Å². The molecular formula is C20H26N2O3S. The van der Waals surface area contributed by atoms with E-state index in [-0.39, 0.29) is 10.8 Å². The predicted molar refractivity (Wildman–Crippen MR) is 103 cm³/mol. The molecule has 2 aromatic rings. The number of hydrogen-bond acceptors (Lipinski definition) is 3. The van der Waals surface area contributed by atoms with E-state index in [4.69, 9.17) is 0 Å². The third kappa shape index (κ3) is 4.51. The van der Waals surface area contributed by atoms with Crippen molar-refractivity contribution in [3.05, 3.63) is 65.7 Å². The van der Waals surface area contributed by atoms with Gasteiger partial charge in [-0.1, -0.05) is 44.2 Å². The van der Waals surface area contributed by atoms with Gasteiger partial charge in [-0.3, -0.25) is 4.79 Å². The summed E-state index contributed by atoms with van der Waals surface area (Å²) in [6.45, 7) is 7.48. The number of amides is 1. The van der Waals surface area contributed by atoms with Crippen molar-refractivity contribution in [2.75, 3.05) is 19.6 Å². The van der Waals surface area contributed by atoms with Gasteiger partial charge in [0.2, 0.25) is 10.0 Å². The van der Waals surface area contributed by atoms with Gasteiger partial charge in [-0.2, -0.15) is 4.31 Å². The van der Waals surface area contributed by atoms with E-state index >= 15 is 0 Å². The number of carbonyl (C=O) groups is 1. The zero-order valence-electron chi connectivity index (χ0n) is 15.6. The molecule has 26 heavy (non-hydrogen) atoms. The second kappa shape index (κ2) is 8.96. The number of hydrogen-bond donors (Lipinski definition) is 0. The van der Waals surface area contributed by atoms with Gasteiger partial charge in [0.25, 0.3) is 5.91 Å². The fourth-order valence-corrected chi connectivity index (χ4v) is 4.25. The van der Waals surface area contributed by atoms with Gasteiger partial charge in [-0.25, -0.2) is 8.42 Å². The monoisotopic (exact) mass is 374 g/mol. The number of carbonyl (C=O) groups excluding carboxylic acids is 1. The molecule has 6 heteroatoms. The lowest BCUT2D eigenvalue weighted by Crippen LogP contribution is -2.31. The lowest BCUT2D eigenvalue weighted by molar-refractivity contribution is 0.0752. The predicted octanol–water partition coefficient (Wildman–Crippen LogP) is 3.38. The Kier molecular flexibility index (Phi) is 6.94. The first kappa shape index (κ1) is 20.1. The summed E-state index contributed by atoms with van der Waals surface area (Å²) in [6, 6.07) is 16.0. The summed E-state index contributed by atoms with van der Waals surface area (Å²) in [7, 11) is -3.51. The summed E-state index contributed by atoms with van der Waals surface area (Å²) >= 11 is 0. The second-order valence-electron chi connectivity index (χ2n) is 5.92. The molecule has 0 atom stereocenters. The van der Waals surface area contributed by atoms with Crippen LogP contribution in [0, 0.1) is 0 Å². The fraction of sp³-hybridized carbons (Fsp3) is 0.350. The Morgan fingerprint density at radius 2 is 1.42 bits per heavy atom. The molecule has 0 bridgehead atoms. The third-order valence-corrected chi connectivity index (χ3v) is 6.39. The molecule has 2 rings (SSSR count). The van der Waals surface area contributed by atoms with Gasteiger partial charge >= 0.3 is 0 Å². The Hall–Kier alpha value is -2.18. The van der Waals surface area contributed by atoms with Gasteiger partial charge in [0.1, 0.15) is 0 Å². The van der Waals surface area contributed by atoms with Crippen LogP contribution in [-0.4, -0.2) is 43.2 Å². The summed E-state index contributed by atoms with van der Waals surface area (Å²) in [5.74, 6) is -0.108. The first-order chi connectivity index (χ1) is 12.4. The molecule has 0 aliphatic rings. The van der Waals surface area contributed by atoms with Gasteiger partial charge in [0.15, 0.2) is 0 Å². The molecule has 0 fully saturated rings. The molecule has 5 nitrogen and oxygen atoms in total. The van der Waals surface area contributed by atoms with Gasteiger partial charge in [-0.15, -0.1) is 0 Å². The quantitative estimate of drug-likeness (QED) is 0.712. The molecule has 0 unspecified atom stereocenters. The summed E-state index contributed by atoms with van der Waals surface area (Å²) in [6.07, 6.45) is 0. The van der Waals surface area contributed by atoms with Crippen molar-refractivity contribution in [1.82, 2.24) is 9.21 Å². The van der Waals surface area contributed by atoms with Crippen molar-refractivity contribution in [3.63, 3.8) is 0 Å². The maximum Gasteiger partial charge on any atom is 0.254 e. The third-order valence-electron chi connectivity index (χ3n) is 4.33. The van der Waals surface area contributed by atoms with E-state index in [1.54, 1.807) is 17.0 Å². The summed E-state index contributed by atoms with van der Waals surface area (Å²) in [4.78, 5) is 14.7. The highest BCUT2D eigenvalue weighted by molar-refractivity contribution is 7.89. The van der Waals surface area contributed by atoms with Gasteiger partial charge in [0, 0.05) is 31.7 Å². The van der Waals surface area contributed by atoms with Crippen molar-refractivity contribution in [2.24, 2.45) is 0 Å². The molecule has 0 aromatic heterocycles. The Labute approximate surface area is 156 Å². The molecule has 0 saturated heterocycles. The average molecular weight is 375 g/mol. The van der Waals surface area contributed by atoms with E-state index < -0.39 is 10.0 Å². The minimum Gasteiger partial charge on any atom is -0.335 e. The average Bonchev–Trinajstić information content (AvgIpc) is 2.67. The van der Waals surface area contributed by atoms with E-state index in [9.17, 15) is 13.2 Å². The molecule has 0 saturated carbocycles. The molecule has 0 spiro atoms. The van der Waals surface area contributed by atoms with Crippen LogP contribution in [-0.2, 0) is 16.6 Å². The van der Waals surface area contributed by atoms with E-state index in [0.29, 0.717) is 31.7 Å². The lowest BCUT2D eigenvalue weighted by Gasteiger charge is -2.22. The molecule has 0 heterocycles. The molecule has 0 aliphatic heterocycles. The summed E-state index contributed by atoms with van der Waals surface area (Å²) < 4.78 is 26.5. The Bertz CT molecular complexity index is 814. The highest BCUT2D eigenvalue weighted by atomic mass is 32.2. The van der Waals surface area contributed by atoms with Gasteiger partial charge < -0.3 is 4.90 Å². The standard InChI is InChI=1S/C20H26N2O3S/c1-4-21(16-17-10-8-7-9-11-17)20(23)18-12-14-19(15-13-18)26(24,25)22(5-2)6-3/h7-15H,4-6,16H2,1-3H3. The Balaban J connectivity index is 2.19. The van der Waals surface area contributed by atoms with Crippen molar-refractivity contribution < 1.29 is 13.2 Å². The van der Waals surface area contributed by atoms with Crippen LogP contribution in [0.5, 0.6) is 0 Å². The topological polar surface area (TPSA) is 57.7 Å². The van der Waals surface area contributed by atoms with Crippen molar-refractivity contribution in [2.45, 2.75) is 32.2 Å². The highest BCUT2D eigenvalue weighted by Gasteiger charge is 2.22. The summed E-state index contributed by atoms with van der Waals surface area (Å²) in [5, 5.41) is 0. The smallest absolute Gasteiger partial charge is 0.254 e. The molecule has 0 aliphatic carbocycles. The van der Waals surface area contributed by atoms with Crippen LogP contribution < -0.4 is 0 Å². The number of benzene rings is 2. The number of rotatable bonds is 8. The second-order valence-corrected chi connectivity index (χ2v) is 7.86. The molecule has 2 aromatic carbocycles. The zero-order chi connectivity index (χ0) is 19.2. The summed E-state index contributed by atoms with van der Waals surface area (Å²) in [5.41, 5.74) is 1.55. The molecule has 0 radical (unpaired) electrons. The molecule has 140 valence electrons. The van der Waals surface area contributed by atoms with Crippen LogP contribution in [0.3, 0.4) is 0 Å². The van der Waals surface area contributed by atoms with Crippen molar-refractivity contribution >= 4 is 15.9 Å². The lowest BCUT2D eigenvalue weighted by atomic mass is 10.1. The number of nitrogens with zero attached hydrogens (tertiary/aromatic N) is 2. The van der Waals surface area contributed by atoms with Crippen molar-refractivity contribution in [3.8, 4) is 0 Å². The van der Waals surface area contributed by atoms with E-state index in [1.165, 1.54) is 16.4 Å². The fourth-order valence-electron chi connectivity index (χ4n) is 2.80.